The van der Waals surface area contributed by atoms with Crippen LogP contribution < -0.4 is 5.11 Å². The fraction of sp³-hybridized carbons (Fsp3) is 0.125. The number of aliphatic carboxylic acids is 1. The number of hydrogen-bond acceptors (Lipinski definition) is 4. The molecule has 0 aliphatic rings. The summed E-state index contributed by atoms with van der Waals surface area (Å²) in [5, 5.41) is 10.4. The van der Waals surface area contributed by atoms with Crippen LogP contribution in [0.5, 0.6) is 0 Å². The second kappa shape index (κ2) is 7.94. The molecule has 0 bridgehead atoms. The summed E-state index contributed by atoms with van der Waals surface area (Å²) in [6.45, 7) is 0. The number of benzene rings is 2. The van der Waals surface area contributed by atoms with Gasteiger partial charge < -0.3 is 9.90 Å². The van der Waals surface area contributed by atoms with E-state index in [0.717, 1.165) is 25.6 Å². The van der Waals surface area contributed by atoms with Gasteiger partial charge in [-0.2, -0.15) is 0 Å². The number of thioether (sulfide) groups is 1. The second-order valence-corrected chi connectivity index (χ2v) is 7.62. The Morgan fingerprint density at radius 3 is 1.95 bits per heavy atom. The molecule has 0 aliphatic carbocycles. The van der Waals surface area contributed by atoms with Gasteiger partial charge in [0.1, 0.15) is 0 Å². The van der Waals surface area contributed by atoms with Gasteiger partial charge in [-0.1, -0.05) is 44.0 Å². The van der Waals surface area contributed by atoms with Crippen molar-refractivity contribution < 1.29 is 14.7 Å². The fourth-order valence-corrected chi connectivity index (χ4v) is 3.25. The van der Waals surface area contributed by atoms with Crippen molar-refractivity contribution in [3.05, 3.63) is 63.0 Å². The number of hydrogen-bond donors (Lipinski definition) is 0. The van der Waals surface area contributed by atoms with Gasteiger partial charge in [0.05, 0.1) is 11.2 Å². The molecule has 22 heavy (non-hydrogen) atoms. The van der Waals surface area contributed by atoms with Gasteiger partial charge in [-0.25, -0.2) is 0 Å². The molecule has 0 heterocycles. The summed E-state index contributed by atoms with van der Waals surface area (Å²) in [4.78, 5) is 24.3. The molecule has 2 aromatic rings. The molecular weight excluding hydrogens is 432 g/mol. The number of carbonyl (C=O) groups is 2. The summed E-state index contributed by atoms with van der Waals surface area (Å²) in [6, 6.07) is 14.1. The first-order valence-electron chi connectivity index (χ1n) is 6.37. The van der Waals surface area contributed by atoms with Crippen LogP contribution in [-0.2, 0) is 4.79 Å². The normalized spacial score (nSPS) is 11.9. The van der Waals surface area contributed by atoms with Crippen molar-refractivity contribution in [2.45, 2.75) is 16.6 Å². The van der Waals surface area contributed by atoms with Crippen LogP contribution in [0, 0.1) is 0 Å². The van der Waals surface area contributed by atoms with E-state index in [4.69, 9.17) is 0 Å². The van der Waals surface area contributed by atoms with Crippen molar-refractivity contribution in [1.29, 1.82) is 0 Å². The van der Waals surface area contributed by atoms with Crippen molar-refractivity contribution in [3.63, 3.8) is 0 Å². The van der Waals surface area contributed by atoms with Gasteiger partial charge >= 0.3 is 0 Å². The van der Waals surface area contributed by atoms with E-state index in [-0.39, 0.29) is 12.2 Å². The van der Waals surface area contributed by atoms with Gasteiger partial charge in [0.2, 0.25) is 0 Å². The van der Waals surface area contributed by atoms with Crippen LogP contribution in [0.4, 0.5) is 0 Å². The summed E-state index contributed by atoms with van der Waals surface area (Å²) < 4.78 is 1.78. The lowest BCUT2D eigenvalue weighted by Gasteiger charge is -2.17. The minimum absolute atomic E-state index is 0.106. The topological polar surface area (TPSA) is 57.2 Å². The lowest BCUT2D eigenvalue weighted by Crippen LogP contribution is -2.35. The lowest BCUT2D eigenvalue weighted by atomic mass is 10.1. The third kappa shape index (κ3) is 4.97. The van der Waals surface area contributed by atoms with Crippen molar-refractivity contribution in [2.24, 2.45) is 0 Å². The summed E-state index contributed by atoms with van der Waals surface area (Å²) in [5.41, 5.74) is 0.492. The fourth-order valence-electron chi connectivity index (χ4n) is 1.77. The lowest BCUT2D eigenvalue weighted by molar-refractivity contribution is -0.304. The SMILES string of the molecule is O=C(C[C@@H](Sc1ccc(Br)cc1)C(=O)[O-])c1ccc(Br)cc1. The predicted molar refractivity (Wildman–Crippen MR) is 91.9 cm³/mol. The molecule has 0 amide bonds. The zero-order valence-corrected chi connectivity index (χ0v) is 15.3. The summed E-state index contributed by atoms with van der Waals surface area (Å²) in [7, 11) is 0. The van der Waals surface area contributed by atoms with E-state index in [2.05, 4.69) is 31.9 Å². The highest BCUT2D eigenvalue weighted by Crippen LogP contribution is 2.27. The first kappa shape index (κ1) is 17.2. The first-order valence-corrected chi connectivity index (χ1v) is 8.84. The first-order chi connectivity index (χ1) is 10.5. The Labute approximate surface area is 149 Å². The van der Waals surface area contributed by atoms with Crippen LogP contribution in [-0.4, -0.2) is 17.0 Å². The number of halogens is 2. The largest absolute Gasteiger partial charge is 0.549 e. The Morgan fingerprint density at radius 2 is 1.45 bits per heavy atom. The highest BCUT2D eigenvalue weighted by molar-refractivity contribution is 9.10. The number of rotatable bonds is 6. The van der Waals surface area contributed by atoms with Crippen LogP contribution in [0.3, 0.4) is 0 Å². The van der Waals surface area contributed by atoms with Gasteiger partial charge in [-0.3, -0.25) is 4.79 Å². The van der Waals surface area contributed by atoms with Gasteiger partial charge in [0.25, 0.3) is 0 Å². The molecule has 2 rings (SSSR count). The van der Waals surface area contributed by atoms with Gasteiger partial charge in [0.15, 0.2) is 5.78 Å². The number of carboxylic acid groups (broad SMARTS) is 1. The van der Waals surface area contributed by atoms with E-state index < -0.39 is 11.2 Å². The maximum absolute atomic E-state index is 12.2. The minimum Gasteiger partial charge on any atom is -0.549 e. The van der Waals surface area contributed by atoms with Crippen LogP contribution >= 0.6 is 43.6 Å². The van der Waals surface area contributed by atoms with Gasteiger partial charge in [-0.05, 0) is 36.4 Å². The summed E-state index contributed by atoms with van der Waals surface area (Å²) in [5.74, 6) is -1.45. The zero-order valence-electron chi connectivity index (χ0n) is 11.3. The molecule has 0 unspecified atom stereocenters. The van der Waals surface area contributed by atoms with E-state index in [9.17, 15) is 14.7 Å². The average Bonchev–Trinajstić information content (AvgIpc) is 2.49. The van der Waals surface area contributed by atoms with Gasteiger partial charge in [-0.15, -0.1) is 11.8 Å². The molecule has 0 fully saturated rings. The molecule has 0 saturated heterocycles. The average molecular weight is 443 g/mol. The van der Waals surface area contributed by atoms with Crippen molar-refractivity contribution in [1.82, 2.24) is 0 Å². The summed E-state index contributed by atoms with van der Waals surface area (Å²) in [6.07, 6.45) is -0.106. The highest BCUT2D eigenvalue weighted by atomic mass is 79.9. The molecule has 0 saturated carbocycles. The molecule has 1 atom stereocenters. The third-order valence-corrected chi connectivity index (χ3v) is 5.14. The molecule has 3 nitrogen and oxygen atoms in total. The van der Waals surface area contributed by atoms with Gasteiger partial charge in [0, 0.05) is 25.8 Å². The molecule has 0 radical (unpaired) electrons. The number of ketones is 1. The van der Waals surface area contributed by atoms with E-state index in [0.29, 0.717) is 5.56 Å². The molecule has 0 spiro atoms. The Hall–Kier alpha value is -1.11. The van der Waals surface area contributed by atoms with E-state index in [1.54, 1.807) is 36.4 Å². The standard InChI is InChI=1S/C16H12Br2O3S/c17-11-3-1-10(2-4-11)14(19)9-15(16(20)21)22-13-7-5-12(18)6-8-13/h1-8,15H,9H2,(H,20,21)/p-1/t15-/m1/s1. The Bertz CT molecular complexity index is 669. The second-order valence-electron chi connectivity index (χ2n) is 4.51. The maximum atomic E-state index is 12.2. The minimum atomic E-state index is -1.24. The summed E-state index contributed by atoms with van der Waals surface area (Å²) >= 11 is 7.74. The number of carbonyl (C=O) groups excluding carboxylic acids is 2. The predicted octanol–water partition coefficient (Wildman–Crippen LogP) is 3.70. The van der Waals surface area contributed by atoms with E-state index in [1.165, 1.54) is 0 Å². The third-order valence-electron chi connectivity index (χ3n) is 2.89. The zero-order chi connectivity index (χ0) is 16.1. The van der Waals surface area contributed by atoms with Crippen LogP contribution in [0.1, 0.15) is 16.8 Å². The van der Waals surface area contributed by atoms with Crippen molar-refractivity contribution in [2.75, 3.05) is 0 Å². The molecule has 0 N–H and O–H groups in total. The quantitative estimate of drug-likeness (QED) is 0.505. The maximum Gasteiger partial charge on any atom is 0.164 e. The Kier molecular flexibility index (Phi) is 6.23. The van der Waals surface area contributed by atoms with Crippen LogP contribution in [0.15, 0.2) is 62.4 Å². The Morgan fingerprint density at radius 1 is 0.955 bits per heavy atom. The van der Waals surface area contributed by atoms with E-state index >= 15 is 0 Å². The molecule has 6 heteroatoms. The molecule has 114 valence electrons. The monoisotopic (exact) mass is 441 g/mol. The Balaban J connectivity index is 2.08. The van der Waals surface area contributed by atoms with Crippen molar-refractivity contribution >= 4 is 55.4 Å². The molecule has 0 aliphatic heterocycles. The van der Waals surface area contributed by atoms with Crippen molar-refractivity contribution in [3.8, 4) is 0 Å². The van der Waals surface area contributed by atoms with Crippen LogP contribution in [0.25, 0.3) is 0 Å². The highest BCUT2D eigenvalue weighted by Gasteiger charge is 2.18. The van der Waals surface area contributed by atoms with E-state index in [1.807, 2.05) is 12.1 Å². The number of Topliss-reactive ketones (excluding diaryl/α,β-unsaturated/α-hetero) is 1. The number of carboxylic acids is 1. The molecule has 2 aromatic carbocycles. The van der Waals surface area contributed by atoms with Crippen LogP contribution in [0.2, 0.25) is 0 Å². The molecular formula is C16H11Br2O3S-. The molecule has 0 aromatic heterocycles. The smallest absolute Gasteiger partial charge is 0.164 e.